The molecule has 3 rings (SSSR count). The van der Waals surface area contributed by atoms with E-state index >= 15 is 0 Å². The summed E-state index contributed by atoms with van der Waals surface area (Å²) in [6.45, 7) is 0.535. The summed E-state index contributed by atoms with van der Waals surface area (Å²) in [7, 11) is 0.422. The zero-order valence-corrected chi connectivity index (χ0v) is 11.6. The molecule has 0 saturated carbocycles. The van der Waals surface area contributed by atoms with Crippen LogP contribution in [0.5, 0.6) is 5.75 Å². The van der Waals surface area contributed by atoms with Crippen LogP contribution in [0.4, 0.5) is 4.48 Å². The quantitative estimate of drug-likeness (QED) is 0.794. The van der Waals surface area contributed by atoms with Gasteiger partial charge in [0.25, 0.3) is 0 Å². The monoisotopic (exact) mass is 283 g/mol. The number of rotatable bonds is 2. The molecule has 1 unspecified atom stereocenters. The Morgan fingerprint density at radius 2 is 2.26 bits per heavy atom. The topological polar surface area (TPSA) is 42.7 Å². The fourth-order valence-corrected chi connectivity index (χ4v) is 2.96. The first-order valence-electron chi connectivity index (χ1n) is 5.96. The van der Waals surface area contributed by atoms with E-state index in [1.807, 2.05) is 0 Å². The van der Waals surface area contributed by atoms with Gasteiger partial charge in [0.15, 0.2) is 11.3 Å². The number of nitrogens with zero attached hydrogens (tertiary/aromatic N) is 1. The fourth-order valence-electron chi connectivity index (χ4n) is 2.41. The Morgan fingerprint density at radius 3 is 2.95 bits per heavy atom. The number of hydrogen-bond donors (Lipinski definition) is 0. The molecule has 0 spiro atoms. The van der Waals surface area contributed by atoms with Gasteiger partial charge in [0.2, 0.25) is 0 Å². The maximum atomic E-state index is 13.4. The molecule has 1 aliphatic heterocycles. The van der Waals surface area contributed by atoms with Crippen molar-refractivity contribution in [3.05, 3.63) is 23.5 Å². The molecule has 0 bridgehead atoms. The number of furan rings is 1. The van der Waals surface area contributed by atoms with Gasteiger partial charge in [0.1, 0.15) is 5.76 Å². The zero-order valence-electron chi connectivity index (χ0n) is 10.7. The van der Waals surface area contributed by atoms with Crippen LogP contribution in [0.3, 0.4) is 0 Å². The third kappa shape index (κ3) is 2.04. The van der Waals surface area contributed by atoms with E-state index < -0.39 is 10.8 Å². The molecule has 1 atom stereocenters. The Morgan fingerprint density at radius 1 is 1.47 bits per heavy atom. The molecule has 102 valence electrons. The van der Waals surface area contributed by atoms with Gasteiger partial charge < -0.3 is 9.15 Å². The van der Waals surface area contributed by atoms with Crippen molar-refractivity contribution in [1.82, 2.24) is 5.12 Å². The largest absolute Gasteiger partial charge is 0.493 e. The molecule has 0 aliphatic carbocycles. The van der Waals surface area contributed by atoms with E-state index in [2.05, 4.69) is 0 Å². The molecule has 2 aromatic rings. The van der Waals surface area contributed by atoms with Gasteiger partial charge in [-0.3, -0.25) is 4.21 Å². The minimum absolute atomic E-state index is 0.200. The van der Waals surface area contributed by atoms with Gasteiger partial charge in [-0.15, -0.1) is 9.60 Å². The predicted octanol–water partition coefficient (Wildman–Crippen LogP) is 2.42. The van der Waals surface area contributed by atoms with Crippen molar-refractivity contribution in [2.24, 2.45) is 0 Å². The zero-order chi connectivity index (χ0) is 13.6. The Balaban J connectivity index is 2.28. The van der Waals surface area contributed by atoms with E-state index in [9.17, 15) is 8.69 Å². The van der Waals surface area contributed by atoms with Crippen LogP contribution in [0.25, 0.3) is 11.0 Å². The Kier molecular flexibility index (Phi) is 3.06. The average molecular weight is 283 g/mol. The maximum absolute atomic E-state index is 13.4. The molecule has 0 N–H and O–H groups in total. The van der Waals surface area contributed by atoms with Crippen LogP contribution in [0.1, 0.15) is 11.3 Å². The van der Waals surface area contributed by atoms with E-state index in [1.54, 1.807) is 25.5 Å². The first-order valence-corrected chi connectivity index (χ1v) is 7.52. The third-order valence-corrected chi connectivity index (χ3v) is 4.28. The normalized spacial score (nSPS) is 17.4. The third-order valence-electron chi connectivity index (χ3n) is 3.38. The second-order valence-electron chi connectivity index (χ2n) is 4.55. The summed E-state index contributed by atoms with van der Waals surface area (Å²) in [5.74, 6) is 1.34. The van der Waals surface area contributed by atoms with Crippen molar-refractivity contribution in [2.45, 2.75) is 17.9 Å². The molecule has 1 aromatic heterocycles. The number of ether oxygens (including phenoxy) is 1. The van der Waals surface area contributed by atoms with Crippen molar-refractivity contribution < 1.29 is 17.8 Å². The van der Waals surface area contributed by atoms with Gasteiger partial charge >= 0.3 is 0 Å². The van der Waals surface area contributed by atoms with E-state index in [0.29, 0.717) is 29.2 Å². The van der Waals surface area contributed by atoms with Crippen molar-refractivity contribution in [3.63, 3.8) is 0 Å². The summed E-state index contributed by atoms with van der Waals surface area (Å²) in [4.78, 5) is 0.656. The van der Waals surface area contributed by atoms with E-state index in [0.717, 1.165) is 21.8 Å². The van der Waals surface area contributed by atoms with Gasteiger partial charge in [-0.25, -0.2) is 0 Å². The lowest BCUT2D eigenvalue weighted by Gasteiger charge is -2.16. The first-order chi connectivity index (χ1) is 9.10. The smallest absolute Gasteiger partial charge is 0.176 e. The van der Waals surface area contributed by atoms with Crippen LogP contribution < -0.4 is 4.74 Å². The van der Waals surface area contributed by atoms with E-state index in [4.69, 9.17) is 9.15 Å². The number of methoxy groups -OCH3 is 1. The van der Waals surface area contributed by atoms with Gasteiger partial charge in [-0.1, -0.05) is 0 Å². The highest BCUT2D eigenvalue weighted by Crippen LogP contribution is 2.37. The first kappa shape index (κ1) is 12.6. The lowest BCUT2D eigenvalue weighted by atomic mass is 10.1. The van der Waals surface area contributed by atoms with Crippen molar-refractivity contribution in [1.29, 1.82) is 0 Å². The van der Waals surface area contributed by atoms with Crippen LogP contribution in [0.2, 0.25) is 0 Å². The molecule has 0 saturated heterocycles. The minimum Gasteiger partial charge on any atom is -0.493 e. The lowest BCUT2D eigenvalue weighted by Crippen LogP contribution is -2.21. The number of benzene rings is 1. The molecule has 4 nitrogen and oxygen atoms in total. The minimum atomic E-state index is -1.12. The SMILES string of the molecule is COc1cc(S(C)=O)cc2c3c(oc12)CCN(F)C3. The fraction of sp³-hybridized carbons (Fsp3) is 0.385. The van der Waals surface area contributed by atoms with Crippen LogP contribution in [0, 0.1) is 0 Å². The van der Waals surface area contributed by atoms with Crippen LogP contribution in [0.15, 0.2) is 21.4 Å². The molecule has 0 amide bonds. The van der Waals surface area contributed by atoms with Gasteiger partial charge in [-0.2, -0.15) is 0 Å². The summed E-state index contributed by atoms with van der Waals surface area (Å²) in [6.07, 6.45) is 2.14. The molecule has 1 aliphatic rings. The highest BCUT2D eigenvalue weighted by Gasteiger charge is 2.24. The second-order valence-corrected chi connectivity index (χ2v) is 5.93. The summed E-state index contributed by atoms with van der Waals surface area (Å²) >= 11 is 0. The summed E-state index contributed by atoms with van der Waals surface area (Å²) < 4.78 is 36.1. The summed E-state index contributed by atoms with van der Waals surface area (Å²) in [5.41, 5.74) is 1.44. The number of fused-ring (bicyclic) bond motifs is 3. The van der Waals surface area contributed by atoms with E-state index in [1.165, 1.54) is 0 Å². The Bertz CT molecular complexity index is 667. The summed E-state index contributed by atoms with van der Waals surface area (Å²) in [6, 6.07) is 3.51. The van der Waals surface area contributed by atoms with Gasteiger partial charge in [0.05, 0.1) is 13.7 Å². The molecule has 2 heterocycles. The molecule has 19 heavy (non-hydrogen) atoms. The van der Waals surface area contributed by atoms with Crippen LogP contribution in [-0.2, 0) is 23.8 Å². The Hall–Kier alpha value is -1.40. The maximum Gasteiger partial charge on any atom is 0.176 e. The standard InChI is InChI=1S/C13H14FNO3S/c1-17-12-6-8(19(2)16)5-9-10-7-15(14)4-3-11(10)18-13(9)12/h5-6H,3-4,7H2,1-2H3. The molecule has 1 aromatic carbocycles. The second kappa shape index (κ2) is 4.61. The highest BCUT2D eigenvalue weighted by atomic mass is 32.2. The molecular formula is C13H14FNO3S. The molecule has 6 heteroatoms. The van der Waals surface area contributed by atoms with Crippen molar-refractivity contribution >= 4 is 21.8 Å². The lowest BCUT2D eigenvalue weighted by molar-refractivity contribution is 0.00815. The predicted molar refractivity (Wildman–Crippen MR) is 70.3 cm³/mol. The van der Waals surface area contributed by atoms with E-state index in [-0.39, 0.29) is 6.54 Å². The molecule has 0 fully saturated rings. The average Bonchev–Trinajstić information content (AvgIpc) is 2.75. The van der Waals surface area contributed by atoms with Gasteiger partial charge in [-0.05, 0) is 6.07 Å². The van der Waals surface area contributed by atoms with Crippen LogP contribution >= 0.6 is 0 Å². The summed E-state index contributed by atoms with van der Waals surface area (Å²) in [5, 5.41) is 1.56. The number of halogens is 1. The van der Waals surface area contributed by atoms with Crippen molar-refractivity contribution in [3.8, 4) is 5.75 Å². The number of hydrogen-bond acceptors (Lipinski definition) is 4. The molecular weight excluding hydrogens is 269 g/mol. The molecule has 0 radical (unpaired) electrons. The van der Waals surface area contributed by atoms with Crippen LogP contribution in [-0.4, -0.2) is 29.2 Å². The Labute approximate surface area is 112 Å². The van der Waals surface area contributed by atoms with Gasteiger partial charge in [0, 0.05) is 51.9 Å². The van der Waals surface area contributed by atoms with Crippen molar-refractivity contribution in [2.75, 3.05) is 19.9 Å². The highest BCUT2D eigenvalue weighted by molar-refractivity contribution is 7.84.